The van der Waals surface area contributed by atoms with Crippen LogP contribution in [0.15, 0.2) is 45.2 Å². The fourth-order valence-corrected chi connectivity index (χ4v) is 4.99. The molecule has 9 nitrogen and oxygen atoms in total. The standard InChI is InChI=1S/C24H20ClFN6O3S.C2H6/c1-14-29-15(13-30(14)2)12-28-6-8-32-23(33)22-19(31(24(32)34)7-4-5-27)11-21(36-22)16-9-20(35-3)18(26)10-17(16)25;1-2/h6,8-13H,4,7H2,1-3H3;1-2H3/b8-6+,28-12?;. The van der Waals surface area contributed by atoms with Gasteiger partial charge in [0.25, 0.3) is 5.56 Å². The maximum absolute atomic E-state index is 14.0. The topological polar surface area (TPSA) is 107 Å². The molecule has 0 aliphatic carbocycles. The van der Waals surface area contributed by atoms with Crippen LogP contribution in [-0.4, -0.2) is 32.0 Å². The minimum Gasteiger partial charge on any atom is -0.494 e. The molecule has 0 aliphatic rings. The van der Waals surface area contributed by atoms with E-state index in [0.717, 1.165) is 27.8 Å². The number of benzene rings is 1. The van der Waals surface area contributed by atoms with Crippen LogP contribution in [0.5, 0.6) is 5.75 Å². The van der Waals surface area contributed by atoms with Crippen molar-refractivity contribution in [3.63, 3.8) is 0 Å². The molecule has 0 bridgehead atoms. The van der Waals surface area contributed by atoms with Crippen molar-refractivity contribution in [1.29, 1.82) is 5.26 Å². The lowest BCUT2D eigenvalue weighted by Gasteiger charge is -2.07. The van der Waals surface area contributed by atoms with Gasteiger partial charge in [-0.1, -0.05) is 25.4 Å². The third kappa shape index (κ3) is 5.77. The van der Waals surface area contributed by atoms with Crippen LogP contribution in [0.1, 0.15) is 31.8 Å². The number of halogens is 2. The molecule has 198 valence electrons. The molecule has 0 N–H and O–H groups in total. The van der Waals surface area contributed by atoms with Crippen LogP contribution in [0.3, 0.4) is 0 Å². The number of rotatable bonds is 7. The summed E-state index contributed by atoms with van der Waals surface area (Å²) < 4.78 is 23.5. The lowest BCUT2D eigenvalue weighted by Crippen LogP contribution is -2.36. The third-order valence-electron chi connectivity index (χ3n) is 5.44. The fourth-order valence-electron chi connectivity index (χ4n) is 3.55. The first-order chi connectivity index (χ1) is 18.2. The molecule has 4 aromatic rings. The molecule has 0 saturated carbocycles. The Kier molecular flexibility index (Phi) is 9.39. The molecule has 0 saturated heterocycles. The van der Waals surface area contributed by atoms with E-state index in [0.29, 0.717) is 21.7 Å². The molecule has 0 aliphatic heterocycles. The maximum atomic E-state index is 14.0. The highest BCUT2D eigenvalue weighted by molar-refractivity contribution is 7.22. The molecule has 0 atom stereocenters. The second-order valence-electron chi connectivity index (χ2n) is 7.71. The van der Waals surface area contributed by atoms with Crippen molar-refractivity contribution in [2.75, 3.05) is 7.11 Å². The number of hydrogen-bond acceptors (Lipinski definition) is 7. The number of nitriles is 1. The average Bonchev–Trinajstić information content (AvgIpc) is 3.48. The number of thiophene rings is 1. The molecule has 0 radical (unpaired) electrons. The Bertz CT molecular complexity index is 1670. The van der Waals surface area contributed by atoms with Crippen molar-refractivity contribution < 1.29 is 9.13 Å². The smallest absolute Gasteiger partial charge is 0.335 e. The van der Waals surface area contributed by atoms with Crippen molar-refractivity contribution in [2.45, 2.75) is 33.7 Å². The fraction of sp³-hybridized carbons (Fsp3) is 0.269. The Morgan fingerprint density at radius 3 is 2.66 bits per heavy atom. The van der Waals surface area contributed by atoms with Gasteiger partial charge in [-0.3, -0.25) is 14.4 Å². The summed E-state index contributed by atoms with van der Waals surface area (Å²) in [7, 11) is 3.20. The minimum atomic E-state index is -0.618. The number of methoxy groups -OCH3 is 1. The van der Waals surface area contributed by atoms with E-state index in [1.165, 1.54) is 36.4 Å². The number of ether oxygens (including phenoxy) is 1. The van der Waals surface area contributed by atoms with E-state index in [2.05, 4.69) is 9.98 Å². The Morgan fingerprint density at radius 1 is 1.29 bits per heavy atom. The van der Waals surface area contributed by atoms with Crippen LogP contribution in [0.25, 0.3) is 26.9 Å². The lowest BCUT2D eigenvalue weighted by molar-refractivity contribution is 0.387. The van der Waals surface area contributed by atoms with Gasteiger partial charge in [-0.2, -0.15) is 5.26 Å². The summed E-state index contributed by atoms with van der Waals surface area (Å²) in [6.45, 7) is 5.93. The SMILES string of the molecule is CC.COc1cc(-c2cc3c(s2)c(=O)n(/C=C/N=Cc2cn(C)c(C)n2)c(=O)n3CCC#N)c(Cl)cc1F. The van der Waals surface area contributed by atoms with Crippen LogP contribution in [-0.2, 0) is 13.6 Å². The second kappa shape index (κ2) is 12.5. The molecular formula is C26H26ClFN6O3S. The molecule has 4 rings (SSSR count). The minimum absolute atomic E-state index is 0.00460. The van der Waals surface area contributed by atoms with Crippen LogP contribution < -0.4 is 16.0 Å². The summed E-state index contributed by atoms with van der Waals surface area (Å²) in [6, 6.07) is 6.21. The van der Waals surface area contributed by atoms with Gasteiger partial charge in [0.05, 0.1) is 42.0 Å². The number of fused-ring (bicyclic) bond motifs is 1. The van der Waals surface area contributed by atoms with E-state index in [1.807, 2.05) is 38.5 Å². The van der Waals surface area contributed by atoms with Gasteiger partial charge in [-0.25, -0.2) is 18.7 Å². The van der Waals surface area contributed by atoms with Crippen LogP contribution in [0.4, 0.5) is 4.39 Å². The number of aryl methyl sites for hydroxylation is 3. The van der Waals surface area contributed by atoms with E-state index in [-0.39, 0.29) is 28.4 Å². The quantitative estimate of drug-likeness (QED) is 0.290. The van der Waals surface area contributed by atoms with E-state index in [9.17, 15) is 14.0 Å². The largest absolute Gasteiger partial charge is 0.494 e. The maximum Gasteiger partial charge on any atom is 0.335 e. The zero-order valence-electron chi connectivity index (χ0n) is 21.5. The molecule has 0 amide bonds. The first-order valence-corrected chi connectivity index (χ1v) is 12.8. The van der Waals surface area contributed by atoms with Gasteiger partial charge in [-0.15, -0.1) is 11.3 Å². The number of nitrogens with zero attached hydrogens (tertiary/aromatic N) is 6. The van der Waals surface area contributed by atoms with E-state index in [1.54, 1.807) is 12.3 Å². The van der Waals surface area contributed by atoms with Crippen molar-refractivity contribution in [1.82, 2.24) is 18.7 Å². The second-order valence-corrected chi connectivity index (χ2v) is 9.17. The monoisotopic (exact) mass is 556 g/mol. The molecule has 0 fully saturated rings. The van der Waals surface area contributed by atoms with Crippen molar-refractivity contribution in [2.24, 2.45) is 12.0 Å². The summed E-state index contributed by atoms with van der Waals surface area (Å²) >= 11 is 7.38. The molecule has 0 spiro atoms. The summed E-state index contributed by atoms with van der Waals surface area (Å²) in [5.41, 5.74) is 0.270. The van der Waals surface area contributed by atoms with Gasteiger partial charge in [0, 0.05) is 42.6 Å². The van der Waals surface area contributed by atoms with Gasteiger partial charge < -0.3 is 9.30 Å². The molecular weight excluding hydrogens is 531 g/mol. The van der Waals surface area contributed by atoms with E-state index in [4.69, 9.17) is 21.6 Å². The first kappa shape index (κ1) is 28.6. The highest BCUT2D eigenvalue weighted by atomic mass is 35.5. The van der Waals surface area contributed by atoms with Crippen molar-refractivity contribution in [3.05, 3.63) is 73.8 Å². The summed E-state index contributed by atoms with van der Waals surface area (Å²) in [5.74, 6) is 0.192. The Labute approximate surface area is 227 Å². The molecule has 3 heterocycles. The molecule has 0 unspecified atom stereocenters. The van der Waals surface area contributed by atoms with Gasteiger partial charge in [0.1, 0.15) is 10.5 Å². The van der Waals surface area contributed by atoms with Crippen LogP contribution >= 0.6 is 22.9 Å². The highest BCUT2D eigenvalue weighted by Gasteiger charge is 2.19. The predicted octanol–water partition coefficient (Wildman–Crippen LogP) is 5.22. The lowest BCUT2D eigenvalue weighted by atomic mass is 10.1. The van der Waals surface area contributed by atoms with E-state index < -0.39 is 17.1 Å². The van der Waals surface area contributed by atoms with Gasteiger partial charge >= 0.3 is 5.69 Å². The van der Waals surface area contributed by atoms with Crippen molar-refractivity contribution >= 4 is 45.6 Å². The zero-order valence-corrected chi connectivity index (χ0v) is 23.1. The Hall–Kier alpha value is -4.01. The van der Waals surface area contributed by atoms with Crippen LogP contribution in [0, 0.1) is 24.1 Å². The summed E-state index contributed by atoms with van der Waals surface area (Å²) in [5, 5.41) is 9.21. The molecule has 38 heavy (non-hydrogen) atoms. The molecule has 1 aromatic carbocycles. The number of aromatic nitrogens is 4. The van der Waals surface area contributed by atoms with Gasteiger partial charge in [0.15, 0.2) is 11.6 Å². The number of aliphatic imine (C=N–C) groups is 1. The van der Waals surface area contributed by atoms with Gasteiger partial charge in [-0.05, 0) is 25.1 Å². The zero-order chi connectivity index (χ0) is 28.0. The normalized spacial score (nSPS) is 11.2. The summed E-state index contributed by atoms with van der Waals surface area (Å²) in [4.78, 5) is 35.4. The summed E-state index contributed by atoms with van der Waals surface area (Å²) in [6.07, 6.45) is 5.96. The number of imidazole rings is 1. The average molecular weight is 557 g/mol. The first-order valence-electron chi connectivity index (χ1n) is 11.6. The molecule has 12 heteroatoms. The Balaban J connectivity index is 0.00000195. The predicted molar refractivity (Wildman–Crippen MR) is 150 cm³/mol. The van der Waals surface area contributed by atoms with Gasteiger partial charge in [0.2, 0.25) is 0 Å². The highest BCUT2D eigenvalue weighted by Crippen LogP contribution is 2.38. The third-order valence-corrected chi connectivity index (χ3v) is 6.90. The molecule has 3 aromatic heterocycles. The Morgan fingerprint density at radius 2 is 2.03 bits per heavy atom. The van der Waals surface area contributed by atoms with Crippen LogP contribution in [0.2, 0.25) is 5.02 Å². The number of hydrogen-bond donors (Lipinski definition) is 0. The van der Waals surface area contributed by atoms with E-state index >= 15 is 0 Å². The van der Waals surface area contributed by atoms with Crippen molar-refractivity contribution in [3.8, 4) is 22.3 Å².